The van der Waals surface area contributed by atoms with Gasteiger partial charge in [-0.3, -0.25) is 9.78 Å². The lowest BCUT2D eigenvalue weighted by Gasteiger charge is -1.97. The van der Waals surface area contributed by atoms with E-state index in [1.807, 2.05) is 14.1 Å². The molecule has 3 N–H and O–H groups in total. The van der Waals surface area contributed by atoms with Crippen LogP contribution in [0.2, 0.25) is 10.0 Å². The fraction of sp³-hybridized carbons (Fsp3) is 0.182. The second kappa shape index (κ2) is 17.9. The lowest BCUT2D eigenvalue weighted by atomic mass is 10.3. The van der Waals surface area contributed by atoms with Crippen LogP contribution in [0.4, 0.5) is 0 Å². The highest BCUT2D eigenvalue weighted by Crippen LogP contribution is 2.08. The van der Waals surface area contributed by atoms with Crippen molar-refractivity contribution in [2.24, 2.45) is 0 Å². The van der Waals surface area contributed by atoms with Gasteiger partial charge >= 0.3 is 11.9 Å². The largest absolute Gasteiger partial charge is 0.477 e. The van der Waals surface area contributed by atoms with E-state index >= 15 is 0 Å². The molecule has 3 rings (SSSR count). The smallest absolute Gasteiger partial charge is 0.356 e. The number of carboxylic acids is 1. The van der Waals surface area contributed by atoms with Gasteiger partial charge in [0.2, 0.25) is 0 Å². The summed E-state index contributed by atoms with van der Waals surface area (Å²) in [7, 11) is 6.59. The Balaban J connectivity index is 0.000000456. The van der Waals surface area contributed by atoms with E-state index in [0.717, 1.165) is 0 Å². The number of rotatable bonds is 3. The quantitative estimate of drug-likeness (QED) is 0.453. The van der Waals surface area contributed by atoms with Crippen molar-refractivity contribution in [2.75, 3.05) is 28.3 Å². The summed E-state index contributed by atoms with van der Waals surface area (Å²) in [6.45, 7) is 0. The molecule has 0 radical (unpaired) electrons. The number of nitrogens with zero attached hydrogens (tertiary/aromatic N) is 3. The standard InChI is InChI=1S/C7H7ClN2O.C7H6ClNO2.C6H5NO2.C2H7N/c1-9-7(11)6-4-5(8)2-3-10-6;1-11-7(10)6-4-5(8)2-3-9-6;8-6(9)5-3-1-2-4-7-5;1-3-2/h2-4H,1H3,(H,9,11);2-4H,1H3;1-4H,(H,8,9);3H,1-2H3. The van der Waals surface area contributed by atoms with E-state index in [1.165, 1.54) is 43.9 Å². The third-order valence-corrected chi connectivity index (χ3v) is 3.65. The molecule has 3 aromatic rings. The molecule has 0 aliphatic rings. The van der Waals surface area contributed by atoms with Crippen molar-refractivity contribution in [1.29, 1.82) is 0 Å². The van der Waals surface area contributed by atoms with Gasteiger partial charge in [-0.15, -0.1) is 0 Å². The first-order valence-corrected chi connectivity index (χ1v) is 10.2. The number of esters is 1. The molecule has 0 aromatic carbocycles. The molecular formula is C22H25Cl2N5O5. The summed E-state index contributed by atoms with van der Waals surface area (Å²) in [6.07, 6.45) is 4.39. The van der Waals surface area contributed by atoms with Gasteiger partial charge in [-0.2, -0.15) is 0 Å². The third-order valence-electron chi connectivity index (χ3n) is 3.18. The Morgan fingerprint density at radius 3 is 1.71 bits per heavy atom. The number of carbonyl (C=O) groups excluding carboxylic acids is 2. The van der Waals surface area contributed by atoms with E-state index in [-0.39, 0.29) is 17.3 Å². The molecule has 0 fully saturated rings. The number of pyridine rings is 3. The Bertz CT molecular complexity index is 981. The molecular weight excluding hydrogens is 485 g/mol. The van der Waals surface area contributed by atoms with Crippen molar-refractivity contribution in [3.8, 4) is 0 Å². The molecule has 0 atom stereocenters. The van der Waals surface area contributed by atoms with Crippen molar-refractivity contribution >= 4 is 41.0 Å². The molecule has 1 amide bonds. The van der Waals surface area contributed by atoms with E-state index in [0.29, 0.717) is 15.7 Å². The zero-order valence-corrected chi connectivity index (χ0v) is 20.5. The topological polar surface area (TPSA) is 143 Å². The van der Waals surface area contributed by atoms with Crippen LogP contribution in [0.15, 0.2) is 61.1 Å². The highest BCUT2D eigenvalue weighted by Gasteiger charge is 2.05. The first-order chi connectivity index (χ1) is 16.2. The number of carbonyl (C=O) groups is 3. The van der Waals surface area contributed by atoms with E-state index in [4.69, 9.17) is 28.3 Å². The Kier molecular flexibility index (Phi) is 16.0. The first-order valence-electron chi connectivity index (χ1n) is 9.46. The predicted molar refractivity (Wildman–Crippen MR) is 129 cm³/mol. The summed E-state index contributed by atoms with van der Waals surface area (Å²) in [4.78, 5) is 43.0. The summed E-state index contributed by atoms with van der Waals surface area (Å²) < 4.78 is 4.43. The zero-order valence-electron chi connectivity index (χ0n) is 19.0. The van der Waals surface area contributed by atoms with Gasteiger partial charge in [-0.1, -0.05) is 29.3 Å². The van der Waals surface area contributed by atoms with Gasteiger partial charge in [-0.05, 0) is 50.5 Å². The number of methoxy groups -OCH3 is 1. The van der Waals surface area contributed by atoms with Crippen LogP contribution in [0, 0.1) is 0 Å². The minimum Gasteiger partial charge on any atom is -0.477 e. The SMILES string of the molecule is CNC.CNC(=O)c1cc(Cl)ccn1.COC(=O)c1cc(Cl)ccn1.O=C(O)c1ccccn1. The fourth-order valence-electron chi connectivity index (χ4n) is 1.77. The van der Waals surface area contributed by atoms with Gasteiger partial charge in [-0.25, -0.2) is 19.6 Å². The molecule has 12 heteroatoms. The number of carboxylic acid groups (broad SMARTS) is 1. The normalized spacial score (nSPS) is 8.88. The van der Waals surface area contributed by atoms with Crippen molar-refractivity contribution < 1.29 is 24.2 Å². The fourth-order valence-corrected chi connectivity index (χ4v) is 2.09. The van der Waals surface area contributed by atoms with Crippen molar-refractivity contribution in [2.45, 2.75) is 0 Å². The van der Waals surface area contributed by atoms with Gasteiger partial charge in [0, 0.05) is 35.7 Å². The second-order valence-electron chi connectivity index (χ2n) is 5.81. The van der Waals surface area contributed by atoms with Crippen molar-refractivity contribution in [3.05, 3.63) is 88.2 Å². The predicted octanol–water partition coefficient (Wildman–Crippen LogP) is 3.23. The lowest BCUT2D eigenvalue weighted by molar-refractivity contribution is 0.0593. The maximum Gasteiger partial charge on any atom is 0.356 e. The Morgan fingerprint density at radius 1 is 0.824 bits per heavy atom. The summed E-state index contributed by atoms with van der Waals surface area (Å²) in [5.74, 6) is -1.70. The number of aromatic carboxylic acids is 1. The summed E-state index contributed by atoms with van der Waals surface area (Å²) in [5.41, 5.74) is 0.637. The summed E-state index contributed by atoms with van der Waals surface area (Å²) in [6, 6.07) is 10.9. The summed E-state index contributed by atoms with van der Waals surface area (Å²) in [5, 5.41) is 14.5. The molecule has 0 saturated carbocycles. The zero-order chi connectivity index (χ0) is 25.9. The molecule has 182 valence electrons. The Labute approximate surface area is 207 Å². The van der Waals surface area contributed by atoms with Gasteiger partial charge in [0.05, 0.1) is 7.11 Å². The maximum atomic E-state index is 10.9. The van der Waals surface area contributed by atoms with Crippen LogP contribution in [0.1, 0.15) is 31.5 Å². The average molecular weight is 510 g/mol. The number of aromatic nitrogens is 3. The van der Waals surface area contributed by atoms with E-state index in [1.54, 1.807) is 31.3 Å². The van der Waals surface area contributed by atoms with Crippen LogP contribution in [-0.2, 0) is 4.74 Å². The van der Waals surface area contributed by atoms with Crippen LogP contribution in [-0.4, -0.2) is 66.2 Å². The lowest BCUT2D eigenvalue weighted by Crippen LogP contribution is -2.18. The summed E-state index contributed by atoms with van der Waals surface area (Å²) >= 11 is 11.2. The number of hydrogen-bond donors (Lipinski definition) is 3. The van der Waals surface area contributed by atoms with Gasteiger partial charge in [0.25, 0.3) is 5.91 Å². The van der Waals surface area contributed by atoms with Crippen LogP contribution >= 0.6 is 23.2 Å². The van der Waals surface area contributed by atoms with Crippen molar-refractivity contribution in [3.63, 3.8) is 0 Å². The maximum absolute atomic E-state index is 10.9. The van der Waals surface area contributed by atoms with Crippen LogP contribution in [0.5, 0.6) is 0 Å². The van der Waals surface area contributed by atoms with E-state index in [9.17, 15) is 14.4 Å². The second-order valence-corrected chi connectivity index (χ2v) is 6.68. The third kappa shape index (κ3) is 13.1. The van der Waals surface area contributed by atoms with Crippen molar-refractivity contribution in [1.82, 2.24) is 25.6 Å². The Hall–Kier alpha value is -3.60. The molecule has 3 heterocycles. The van der Waals surface area contributed by atoms with E-state index in [2.05, 4.69) is 30.3 Å². The van der Waals surface area contributed by atoms with E-state index < -0.39 is 11.9 Å². The molecule has 0 saturated heterocycles. The minimum absolute atomic E-state index is 0.0810. The molecule has 0 unspecified atom stereocenters. The molecule has 34 heavy (non-hydrogen) atoms. The monoisotopic (exact) mass is 509 g/mol. The molecule has 0 aliphatic heterocycles. The van der Waals surface area contributed by atoms with Crippen LogP contribution < -0.4 is 10.6 Å². The molecule has 10 nitrogen and oxygen atoms in total. The highest BCUT2D eigenvalue weighted by molar-refractivity contribution is 6.31. The number of nitrogens with one attached hydrogen (secondary N) is 2. The number of ether oxygens (including phenoxy) is 1. The first kappa shape index (κ1) is 30.4. The number of amides is 1. The average Bonchev–Trinajstić information content (AvgIpc) is 2.85. The number of hydrogen-bond acceptors (Lipinski definition) is 8. The molecule has 0 spiro atoms. The number of halogens is 2. The minimum atomic E-state index is -0.990. The molecule has 0 bridgehead atoms. The van der Waals surface area contributed by atoms with Crippen LogP contribution in [0.25, 0.3) is 0 Å². The van der Waals surface area contributed by atoms with Gasteiger partial charge < -0.3 is 20.5 Å². The molecule has 3 aromatic heterocycles. The highest BCUT2D eigenvalue weighted by atomic mass is 35.5. The van der Waals surface area contributed by atoms with Crippen LogP contribution in [0.3, 0.4) is 0 Å². The Morgan fingerprint density at radius 2 is 1.32 bits per heavy atom. The van der Waals surface area contributed by atoms with Gasteiger partial charge in [0.1, 0.15) is 17.1 Å². The van der Waals surface area contributed by atoms with Gasteiger partial charge in [0.15, 0.2) is 0 Å². The molecule has 0 aliphatic carbocycles.